The maximum atomic E-state index is 5.96. The molecule has 0 aliphatic rings. The van der Waals surface area contributed by atoms with Gasteiger partial charge in [-0.2, -0.15) is 0 Å². The second kappa shape index (κ2) is 4.14. The molecule has 82 valence electrons. The van der Waals surface area contributed by atoms with E-state index in [1.54, 1.807) is 7.11 Å². The Labute approximate surface area is 94.6 Å². The first-order valence-electron chi connectivity index (χ1n) is 5.01. The van der Waals surface area contributed by atoms with Gasteiger partial charge in [0.1, 0.15) is 5.75 Å². The van der Waals surface area contributed by atoms with Gasteiger partial charge in [0.2, 0.25) is 0 Å². The topological polar surface area (TPSA) is 61.3 Å². The number of hydrogen-bond acceptors (Lipinski definition) is 3. The second-order valence-electron chi connectivity index (χ2n) is 3.51. The Balaban J connectivity index is 2.68. The van der Waals surface area contributed by atoms with Crippen LogP contribution in [0.2, 0.25) is 0 Å². The zero-order valence-corrected chi connectivity index (χ0v) is 9.10. The Hall–Kier alpha value is -2.16. The molecule has 2 rings (SSSR count). The van der Waals surface area contributed by atoms with Crippen molar-refractivity contribution in [3.05, 3.63) is 42.5 Å². The molecule has 0 fully saturated rings. The van der Waals surface area contributed by atoms with E-state index in [0.717, 1.165) is 16.9 Å². The van der Waals surface area contributed by atoms with E-state index in [9.17, 15) is 0 Å². The Kier molecular flexibility index (Phi) is 2.68. The zero-order valence-electron chi connectivity index (χ0n) is 9.10. The minimum Gasteiger partial charge on any atom is -0.496 e. The summed E-state index contributed by atoms with van der Waals surface area (Å²) in [6.07, 6.45) is 0. The fourth-order valence-electron chi connectivity index (χ4n) is 1.73. The number of methoxy groups -OCH3 is 1. The van der Waals surface area contributed by atoms with Gasteiger partial charge in [-0.1, -0.05) is 24.3 Å². The van der Waals surface area contributed by atoms with Gasteiger partial charge >= 0.3 is 0 Å². The van der Waals surface area contributed by atoms with Gasteiger partial charge in [0.25, 0.3) is 0 Å². The van der Waals surface area contributed by atoms with Gasteiger partial charge in [-0.15, -0.1) is 0 Å². The Morgan fingerprint density at radius 3 is 2.25 bits per heavy atom. The molecule has 0 spiro atoms. The number of nitrogen functional groups attached to an aromatic ring is 2. The van der Waals surface area contributed by atoms with Crippen molar-refractivity contribution in [2.75, 3.05) is 18.6 Å². The van der Waals surface area contributed by atoms with Gasteiger partial charge in [0, 0.05) is 22.5 Å². The standard InChI is InChI=1S/C13H14N2O/c1-16-12-8-4-7-11(15)13(12)9-5-2-3-6-10(9)14/h2-8H,14-15H2,1H3. The second-order valence-corrected chi connectivity index (χ2v) is 3.51. The Bertz CT molecular complexity index is 509. The van der Waals surface area contributed by atoms with Gasteiger partial charge in [-0.3, -0.25) is 0 Å². The smallest absolute Gasteiger partial charge is 0.128 e. The summed E-state index contributed by atoms with van der Waals surface area (Å²) < 4.78 is 5.30. The van der Waals surface area contributed by atoms with Gasteiger partial charge in [0.15, 0.2) is 0 Å². The van der Waals surface area contributed by atoms with Gasteiger partial charge < -0.3 is 16.2 Å². The summed E-state index contributed by atoms with van der Waals surface area (Å²) in [5, 5.41) is 0. The van der Waals surface area contributed by atoms with Gasteiger partial charge in [0.05, 0.1) is 7.11 Å². The Morgan fingerprint density at radius 2 is 1.56 bits per heavy atom. The third kappa shape index (κ3) is 1.67. The average molecular weight is 214 g/mol. The molecule has 0 saturated heterocycles. The van der Waals surface area contributed by atoms with E-state index < -0.39 is 0 Å². The maximum Gasteiger partial charge on any atom is 0.128 e. The van der Waals surface area contributed by atoms with Crippen LogP contribution in [0, 0.1) is 0 Å². The summed E-state index contributed by atoms with van der Waals surface area (Å²) in [5.74, 6) is 0.734. The molecule has 0 amide bonds. The van der Waals surface area contributed by atoms with E-state index >= 15 is 0 Å². The summed E-state index contributed by atoms with van der Waals surface area (Å²) in [4.78, 5) is 0. The number of rotatable bonds is 2. The molecule has 2 aromatic carbocycles. The molecule has 3 heteroatoms. The molecule has 0 aromatic heterocycles. The lowest BCUT2D eigenvalue weighted by Gasteiger charge is -2.13. The van der Waals surface area contributed by atoms with Crippen molar-refractivity contribution in [2.45, 2.75) is 0 Å². The number of nitrogens with two attached hydrogens (primary N) is 2. The van der Waals surface area contributed by atoms with Crippen molar-refractivity contribution >= 4 is 11.4 Å². The number of ether oxygens (including phenoxy) is 1. The van der Waals surface area contributed by atoms with Crippen molar-refractivity contribution in [1.82, 2.24) is 0 Å². The summed E-state index contributed by atoms with van der Waals surface area (Å²) in [6, 6.07) is 13.2. The first-order chi connectivity index (χ1) is 7.74. The van der Waals surface area contributed by atoms with Crippen LogP contribution in [0.3, 0.4) is 0 Å². The van der Waals surface area contributed by atoms with Crippen molar-refractivity contribution in [1.29, 1.82) is 0 Å². The molecule has 0 bridgehead atoms. The number of hydrogen-bond donors (Lipinski definition) is 2. The van der Waals surface area contributed by atoms with Gasteiger partial charge in [-0.05, 0) is 18.2 Å². The number of anilines is 2. The predicted octanol–water partition coefficient (Wildman–Crippen LogP) is 2.53. The van der Waals surface area contributed by atoms with Gasteiger partial charge in [-0.25, -0.2) is 0 Å². The normalized spacial score (nSPS) is 10.1. The third-order valence-electron chi connectivity index (χ3n) is 2.51. The lowest BCUT2D eigenvalue weighted by atomic mass is 10.0. The number of benzene rings is 2. The average Bonchev–Trinajstić information content (AvgIpc) is 2.30. The molecular formula is C13H14N2O. The number of para-hydroxylation sites is 1. The minimum absolute atomic E-state index is 0.664. The largest absolute Gasteiger partial charge is 0.496 e. The summed E-state index contributed by atoms with van der Waals surface area (Å²) in [7, 11) is 1.62. The highest BCUT2D eigenvalue weighted by Gasteiger charge is 2.11. The van der Waals surface area contributed by atoms with E-state index in [4.69, 9.17) is 16.2 Å². The van der Waals surface area contributed by atoms with Crippen molar-refractivity contribution in [2.24, 2.45) is 0 Å². The van der Waals surface area contributed by atoms with E-state index in [1.807, 2.05) is 42.5 Å². The van der Waals surface area contributed by atoms with E-state index in [1.165, 1.54) is 0 Å². The van der Waals surface area contributed by atoms with E-state index in [2.05, 4.69) is 0 Å². The molecule has 2 aromatic rings. The highest BCUT2D eigenvalue weighted by Crippen LogP contribution is 2.37. The lowest BCUT2D eigenvalue weighted by Crippen LogP contribution is -1.97. The zero-order chi connectivity index (χ0) is 11.5. The fraction of sp³-hybridized carbons (Fsp3) is 0.0769. The molecule has 3 nitrogen and oxygen atoms in total. The molecule has 0 atom stereocenters. The summed E-state index contributed by atoms with van der Waals surface area (Å²) >= 11 is 0. The van der Waals surface area contributed by atoms with Crippen LogP contribution < -0.4 is 16.2 Å². The van der Waals surface area contributed by atoms with Crippen LogP contribution in [0.5, 0.6) is 5.75 Å². The van der Waals surface area contributed by atoms with Crippen LogP contribution in [-0.2, 0) is 0 Å². The fourth-order valence-corrected chi connectivity index (χ4v) is 1.73. The quantitative estimate of drug-likeness (QED) is 0.755. The SMILES string of the molecule is COc1cccc(N)c1-c1ccccc1N. The molecule has 4 N–H and O–H groups in total. The summed E-state index contributed by atoms with van der Waals surface area (Å²) in [6.45, 7) is 0. The molecule has 0 heterocycles. The summed E-state index contributed by atoms with van der Waals surface area (Å²) in [5.41, 5.74) is 15.0. The van der Waals surface area contributed by atoms with Crippen LogP contribution in [0.4, 0.5) is 11.4 Å². The lowest BCUT2D eigenvalue weighted by molar-refractivity contribution is 0.416. The Morgan fingerprint density at radius 1 is 0.875 bits per heavy atom. The molecule has 0 aliphatic carbocycles. The highest BCUT2D eigenvalue weighted by atomic mass is 16.5. The van der Waals surface area contributed by atoms with Crippen LogP contribution >= 0.6 is 0 Å². The van der Waals surface area contributed by atoms with Crippen LogP contribution in [-0.4, -0.2) is 7.11 Å². The molecule has 0 saturated carbocycles. The first kappa shape index (κ1) is 10.4. The third-order valence-corrected chi connectivity index (χ3v) is 2.51. The minimum atomic E-state index is 0.664. The highest BCUT2D eigenvalue weighted by molar-refractivity contribution is 5.88. The molecule has 0 aliphatic heterocycles. The van der Waals surface area contributed by atoms with Crippen molar-refractivity contribution in [3.63, 3.8) is 0 Å². The molecule has 16 heavy (non-hydrogen) atoms. The van der Waals surface area contributed by atoms with E-state index in [-0.39, 0.29) is 0 Å². The maximum absolute atomic E-state index is 5.96. The van der Waals surface area contributed by atoms with Crippen LogP contribution in [0.15, 0.2) is 42.5 Å². The first-order valence-corrected chi connectivity index (χ1v) is 5.01. The van der Waals surface area contributed by atoms with Crippen LogP contribution in [0.1, 0.15) is 0 Å². The van der Waals surface area contributed by atoms with Crippen LogP contribution in [0.25, 0.3) is 11.1 Å². The predicted molar refractivity (Wildman–Crippen MR) is 67.3 cm³/mol. The van der Waals surface area contributed by atoms with Crippen molar-refractivity contribution < 1.29 is 4.74 Å². The monoisotopic (exact) mass is 214 g/mol. The molecule has 0 unspecified atom stereocenters. The molecular weight excluding hydrogens is 200 g/mol. The molecule has 0 radical (unpaired) electrons. The van der Waals surface area contributed by atoms with Crippen molar-refractivity contribution in [3.8, 4) is 16.9 Å². The van der Waals surface area contributed by atoms with E-state index in [0.29, 0.717) is 11.4 Å².